The standard InChI is InChI=1S/3C3H7NO2.Co/c3*1-2(4)3(5)6;/h3*2H,4H2,1H3,(H,5,6);. The molecule has 0 aromatic heterocycles. The molecule has 117 valence electrons. The Kier molecular flexibility index (Phi) is 20.6. The van der Waals surface area contributed by atoms with E-state index in [-0.39, 0.29) is 16.8 Å². The minimum atomic E-state index is -0.963. The second kappa shape index (κ2) is 14.9. The van der Waals surface area contributed by atoms with Crippen molar-refractivity contribution in [2.24, 2.45) is 17.2 Å². The predicted molar refractivity (Wildman–Crippen MR) is 63.9 cm³/mol. The van der Waals surface area contributed by atoms with Crippen LogP contribution in [0.2, 0.25) is 0 Å². The number of carboxylic acids is 3. The van der Waals surface area contributed by atoms with Crippen molar-refractivity contribution in [3.63, 3.8) is 0 Å². The van der Waals surface area contributed by atoms with E-state index < -0.39 is 36.0 Å². The van der Waals surface area contributed by atoms with Gasteiger partial charge in [0.25, 0.3) is 0 Å². The van der Waals surface area contributed by atoms with Crippen molar-refractivity contribution in [3.8, 4) is 0 Å². The molecule has 0 rings (SSSR count). The summed E-state index contributed by atoms with van der Waals surface area (Å²) in [7, 11) is 0. The van der Waals surface area contributed by atoms with Gasteiger partial charge in [-0.1, -0.05) is 0 Å². The molecular formula is C9H21CoN3O6. The fourth-order valence-corrected chi connectivity index (χ4v) is 0. The Morgan fingerprint density at radius 1 is 0.684 bits per heavy atom. The third-order valence-electron chi connectivity index (χ3n) is 1.17. The van der Waals surface area contributed by atoms with Gasteiger partial charge in [-0.05, 0) is 20.8 Å². The normalized spacial score (nSPS) is 12.9. The Labute approximate surface area is 121 Å². The molecule has 0 bridgehead atoms. The summed E-state index contributed by atoms with van der Waals surface area (Å²) in [6.07, 6.45) is 0. The van der Waals surface area contributed by atoms with Gasteiger partial charge in [-0.3, -0.25) is 14.4 Å². The van der Waals surface area contributed by atoms with Crippen LogP contribution < -0.4 is 17.2 Å². The SMILES string of the molecule is CC(N)C(=O)O.CC(N)C(=O)O.CC(N)C(=O)O.[Co]. The molecular weight excluding hydrogens is 305 g/mol. The fraction of sp³-hybridized carbons (Fsp3) is 0.667. The van der Waals surface area contributed by atoms with Gasteiger partial charge < -0.3 is 32.5 Å². The van der Waals surface area contributed by atoms with Gasteiger partial charge in [0.15, 0.2) is 0 Å². The molecule has 0 aliphatic carbocycles. The quantitative estimate of drug-likeness (QED) is 0.349. The minimum absolute atomic E-state index is 0. The number of aliphatic carboxylic acids is 3. The maximum Gasteiger partial charge on any atom is 0.320 e. The van der Waals surface area contributed by atoms with Crippen molar-refractivity contribution < 1.29 is 46.5 Å². The second-order valence-corrected chi connectivity index (χ2v) is 3.38. The molecule has 3 unspecified atom stereocenters. The number of hydrogen-bond donors (Lipinski definition) is 6. The molecule has 0 aromatic carbocycles. The average molecular weight is 326 g/mol. The topological polar surface area (TPSA) is 190 Å². The van der Waals surface area contributed by atoms with E-state index in [1.165, 1.54) is 20.8 Å². The number of nitrogens with two attached hydrogens (primary N) is 3. The molecule has 0 aliphatic heterocycles. The Bertz CT molecular complexity index is 228. The van der Waals surface area contributed by atoms with Crippen LogP contribution in [0.25, 0.3) is 0 Å². The third kappa shape index (κ3) is 31.5. The van der Waals surface area contributed by atoms with Gasteiger partial charge in [-0.15, -0.1) is 0 Å². The van der Waals surface area contributed by atoms with Crippen LogP contribution in [0.1, 0.15) is 20.8 Å². The largest absolute Gasteiger partial charge is 0.480 e. The van der Waals surface area contributed by atoms with Crippen molar-refractivity contribution in [2.45, 2.75) is 38.9 Å². The second-order valence-electron chi connectivity index (χ2n) is 3.38. The number of rotatable bonds is 3. The zero-order chi connectivity index (χ0) is 15.5. The maximum atomic E-state index is 9.57. The van der Waals surface area contributed by atoms with Gasteiger partial charge in [0.1, 0.15) is 18.1 Å². The van der Waals surface area contributed by atoms with Crippen LogP contribution in [-0.2, 0) is 31.2 Å². The molecule has 0 fully saturated rings. The molecule has 0 saturated heterocycles. The van der Waals surface area contributed by atoms with E-state index in [2.05, 4.69) is 0 Å². The minimum Gasteiger partial charge on any atom is -0.480 e. The molecule has 19 heavy (non-hydrogen) atoms. The summed E-state index contributed by atoms with van der Waals surface area (Å²) in [6.45, 7) is 4.26. The predicted octanol–water partition coefficient (Wildman–Crippen LogP) is -1.75. The molecule has 9 N–H and O–H groups in total. The monoisotopic (exact) mass is 326 g/mol. The van der Waals surface area contributed by atoms with E-state index >= 15 is 0 Å². The van der Waals surface area contributed by atoms with Gasteiger partial charge in [-0.2, -0.15) is 0 Å². The van der Waals surface area contributed by atoms with Crippen LogP contribution in [0.5, 0.6) is 0 Å². The summed E-state index contributed by atoms with van der Waals surface area (Å²) in [4.78, 5) is 28.7. The Hall–Kier alpha value is -1.20. The molecule has 0 aliphatic rings. The summed E-state index contributed by atoms with van der Waals surface area (Å²) >= 11 is 0. The molecule has 0 amide bonds. The first kappa shape index (κ1) is 26.4. The zero-order valence-corrected chi connectivity index (χ0v) is 11.9. The van der Waals surface area contributed by atoms with Gasteiger partial charge in [0.2, 0.25) is 0 Å². The van der Waals surface area contributed by atoms with Crippen LogP contribution in [0, 0.1) is 0 Å². The van der Waals surface area contributed by atoms with E-state index in [1.807, 2.05) is 0 Å². The van der Waals surface area contributed by atoms with Crippen molar-refractivity contribution in [3.05, 3.63) is 0 Å². The average Bonchev–Trinajstić information content (AvgIpc) is 2.18. The first-order valence-electron chi connectivity index (χ1n) is 4.88. The molecule has 9 nitrogen and oxygen atoms in total. The molecule has 1 radical (unpaired) electrons. The summed E-state index contributed by atoms with van der Waals surface area (Å²) in [6, 6.07) is -2.19. The van der Waals surface area contributed by atoms with E-state index in [1.54, 1.807) is 0 Å². The third-order valence-corrected chi connectivity index (χ3v) is 1.17. The summed E-state index contributed by atoms with van der Waals surface area (Å²) in [5, 5.41) is 23.6. The van der Waals surface area contributed by atoms with Crippen LogP contribution >= 0.6 is 0 Å². The van der Waals surface area contributed by atoms with Gasteiger partial charge in [0.05, 0.1) is 0 Å². The maximum absolute atomic E-state index is 9.57. The van der Waals surface area contributed by atoms with E-state index in [4.69, 9.17) is 32.5 Å². The van der Waals surface area contributed by atoms with Gasteiger partial charge >= 0.3 is 17.9 Å². The molecule has 0 heterocycles. The Morgan fingerprint density at radius 3 is 0.737 bits per heavy atom. The summed E-state index contributed by atoms with van der Waals surface area (Å²) < 4.78 is 0. The fourth-order valence-electron chi connectivity index (χ4n) is 0. The number of hydrogen-bond acceptors (Lipinski definition) is 6. The number of carbonyl (C=O) groups is 3. The molecule has 3 atom stereocenters. The van der Waals surface area contributed by atoms with Crippen LogP contribution in [0.15, 0.2) is 0 Å². The van der Waals surface area contributed by atoms with Crippen molar-refractivity contribution in [2.75, 3.05) is 0 Å². The molecule has 0 spiro atoms. The van der Waals surface area contributed by atoms with Crippen molar-refractivity contribution in [1.29, 1.82) is 0 Å². The van der Waals surface area contributed by atoms with Crippen LogP contribution in [0.4, 0.5) is 0 Å². The summed E-state index contributed by atoms with van der Waals surface area (Å²) in [5.41, 5.74) is 14.5. The Balaban J connectivity index is -0.0000000865. The van der Waals surface area contributed by atoms with Crippen LogP contribution in [0.3, 0.4) is 0 Å². The van der Waals surface area contributed by atoms with Crippen molar-refractivity contribution >= 4 is 17.9 Å². The Morgan fingerprint density at radius 2 is 0.737 bits per heavy atom. The van der Waals surface area contributed by atoms with E-state index in [0.717, 1.165) is 0 Å². The molecule has 10 heteroatoms. The number of carboxylic acid groups (broad SMARTS) is 3. The first-order valence-corrected chi connectivity index (χ1v) is 4.88. The smallest absolute Gasteiger partial charge is 0.320 e. The van der Waals surface area contributed by atoms with Crippen LogP contribution in [-0.4, -0.2) is 51.4 Å². The van der Waals surface area contributed by atoms with Gasteiger partial charge in [0, 0.05) is 16.8 Å². The molecule has 0 saturated carbocycles. The van der Waals surface area contributed by atoms with Gasteiger partial charge in [-0.25, -0.2) is 0 Å². The molecule has 0 aromatic rings. The van der Waals surface area contributed by atoms with E-state index in [9.17, 15) is 14.4 Å². The van der Waals surface area contributed by atoms with E-state index in [0.29, 0.717) is 0 Å². The summed E-state index contributed by atoms with van der Waals surface area (Å²) in [5.74, 6) is -2.89. The first-order chi connectivity index (χ1) is 7.93. The van der Waals surface area contributed by atoms with Crippen molar-refractivity contribution in [1.82, 2.24) is 0 Å². The zero-order valence-electron chi connectivity index (χ0n) is 10.9.